The van der Waals surface area contributed by atoms with E-state index in [2.05, 4.69) is 28.6 Å². The largest absolute Gasteiger partial charge is 0.313 e. The van der Waals surface area contributed by atoms with Crippen molar-refractivity contribution in [1.29, 1.82) is 0 Å². The summed E-state index contributed by atoms with van der Waals surface area (Å²) in [5.74, 6) is 0. The number of rotatable bonds is 4. The molecule has 0 aromatic carbocycles. The highest BCUT2D eigenvalue weighted by molar-refractivity contribution is 5.03. The summed E-state index contributed by atoms with van der Waals surface area (Å²) in [4.78, 5) is 2.36. The van der Waals surface area contributed by atoms with Crippen LogP contribution in [0.15, 0.2) is 12.4 Å². The maximum absolute atomic E-state index is 4.18. The van der Waals surface area contributed by atoms with Crippen molar-refractivity contribution in [2.45, 2.75) is 25.4 Å². The molecule has 1 N–H and O–H groups in total. The van der Waals surface area contributed by atoms with E-state index in [4.69, 9.17) is 0 Å². The first kappa shape index (κ1) is 10.6. The van der Waals surface area contributed by atoms with Crippen molar-refractivity contribution in [2.24, 2.45) is 7.05 Å². The molecule has 2 heterocycles. The lowest BCUT2D eigenvalue weighted by Gasteiger charge is -2.20. The fourth-order valence-electron chi connectivity index (χ4n) is 2.22. The van der Waals surface area contributed by atoms with Gasteiger partial charge in [0, 0.05) is 37.9 Å². The third kappa shape index (κ3) is 3.04. The SMILES string of the molecule is CN(Cc1cnn(C)c1)CC1CCCN1. The summed E-state index contributed by atoms with van der Waals surface area (Å²) in [5.41, 5.74) is 1.29. The van der Waals surface area contributed by atoms with E-state index in [9.17, 15) is 0 Å². The molecule has 0 spiro atoms. The van der Waals surface area contributed by atoms with Crippen molar-refractivity contribution in [3.8, 4) is 0 Å². The minimum Gasteiger partial charge on any atom is -0.313 e. The molecule has 1 aliphatic rings. The van der Waals surface area contributed by atoms with Gasteiger partial charge in [-0.05, 0) is 26.4 Å². The Bertz CT molecular complexity index is 301. The fraction of sp³-hybridized carbons (Fsp3) is 0.727. The standard InChI is InChI=1S/C11H20N4/c1-14(9-11-4-3-5-12-11)7-10-6-13-15(2)8-10/h6,8,11-12H,3-5,7,9H2,1-2H3. The van der Waals surface area contributed by atoms with Crippen molar-refractivity contribution in [2.75, 3.05) is 20.1 Å². The highest BCUT2D eigenvalue weighted by Crippen LogP contribution is 2.08. The molecular weight excluding hydrogens is 188 g/mol. The van der Waals surface area contributed by atoms with Gasteiger partial charge in [-0.2, -0.15) is 5.10 Å². The summed E-state index contributed by atoms with van der Waals surface area (Å²) in [6.07, 6.45) is 6.67. The van der Waals surface area contributed by atoms with Crippen LogP contribution >= 0.6 is 0 Å². The number of hydrogen-bond acceptors (Lipinski definition) is 3. The van der Waals surface area contributed by atoms with Crippen LogP contribution in [0.2, 0.25) is 0 Å². The van der Waals surface area contributed by atoms with Crippen LogP contribution in [0.5, 0.6) is 0 Å². The van der Waals surface area contributed by atoms with Crippen LogP contribution in [0.1, 0.15) is 18.4 Å². The smallest absolute Gasteiger partial charge is 0.0534 e. The van der Waals surface area contributed by atoms with Gasteiger partial charge in [0.1, 0.15) is 0 Å². The Labute approximate surface area is 91.3 Å². The minimum absolute atomic E-state index is 0.687. The third-order valence-electron chi connectivity index (χ3n) is 2.91. The molecule has 1 unspecified atom stereocenters. The van der Waals surface area contributed by atoms with Crippen LogP contribution in [-0.4, -0.2) is 40.9 Å². The average Bonchev–Trinajstić information content (AvgIpc) is 2.77. The molecule has 0 radical (unpaired) electrons. The number of likely N-dealkylation sites (N-methyl/N-ethyl adjacent to an activating group) is 1. The predicted octanol–water partition coefficient (Wildman–Crippen LogP) is 0.604. The highest BCUT2D eigenvalue weighted by Gasteiger charge is 2.15. The Kier molecular flexibility index (Phi) is 3.38. The minimum atomic E-state index is 0.687. The second-order valence-corrected chi connectivity index (χ2v) is 4.51. The van der Waals surface area contributed by atoms with Crippen molar-refractivity contribution in [3.63, 3.8) is 0 Å². The van der Waals surface area contributed by atoms with Gasteiger partial charge in [-0.3, -0.25) is 4.68 Å². The molecule has 1 atom stereocenters. The molecule has 0 bridgehead atoms. The number of nitrogens with zero attached hydrogens (tertiary/aromatic N) is 3. The van der Waals surface area contributed by atoms with E-state index in [1.807, 2.05) is 17.9 Å². The van der Waals surface area contributed by atoms with Crippen LogP contribution in [0.3, 0.4) is 0 Å². The van der Waals surface area contributed by atoms with Gasteiger partial charge < -0.3 is 10.2 Å². The zero-order valence-corrected chi connectivity index (χ0v) is 9.61. The van der Waals surface area contributed by atoms with E-state index in [0.717, 1.165) is 13.1 Å². The van der Waals surface area contributed by atoms with E-state index >= 15 is 0 Å². The Balaban J connectivity index is 1.78. The molecule has 1 aromatic heterocycles. The number of nitrogens with one attached hydrogen (secondary N) is 1. The second kappa shape index (κ2) is 4.77. The lowest BCUT2D eigenvalue weighted by Crippen LogP contribution is -2.34. The van der Waals surface area contributed by atoms with E-state index in [1.165, 1.54) is 24.9 Å². The van der Waals surface area contributed by atoms with Gasteiger partial charge in [-0.25, -0.2) is 0 Å². The van der Waals surface area contributed by atoms with Crippen LogP contribution < -0.4 is 5.32 Å². The molecular formula is C11H20N4. The molecule has 4 nitrogen and oxygen atoms in total. The van der Waals surface area contributed by atoms with Crippen LogP contribution in [0.4, 0.5) is 0 Å². The highest BCUT2D eigenvalue weighted by atomic mass is 15.2. The van der Waals surface area contributed by atoms with E-state index in [1.54, 1.807) is 0 Å². The maximum Gasteiger partial charge on any atom is 0.0534 e. The predicted molar refractivity (Wildman–Crippen MR) is 60.6 cm³/mol. The summed E-state index contributed by atoms with van der Waals surface area (Å²) in [6.45, 7) is 3.31. The molecule has 2 rings (SSSR count). The number of hydrogen-bond donors (Lipinski definition) is 1. The van der Waals surface area contributed by atoms with Crippen molar-refractivity contribution < 1.29 is 0 Å². The Hall–Kier alpha value is -0.870. The molecule has 0 amide bonds. The van der Waals surface area contributed by atoms with Gasteiger partial charge in [-0.15, -0.1) is 0 Å². The summed E-state index contributed by atoms with van der Waals surface area (Å²) in [5, 5.41) is 7.69. The van der Waals surface area contributed by atoms with E-state index in [0.29, 0.717) is 6.04 Å². The first-order valence-electron chi connectivity index (χ1n) is 5.63. The number of aromatic nitrogens is 2. The lowest BCUT2D eigenvalue weighted by molar-refractivity contribution is 0.293. The van der Waals surface area contributed by atoms with Gasteiger partial charge in [-0.1, -0.05) is 0 Å². The van der Waals surface area contributed by atoms with Gasteiger partial charge in [0.15, 0.2) is 0 Å². The molecule has 0 saturated carbocycles. The average molecular weight is 208 g/mol. The first-order chi connectivity index (χ1) is 7.24. The fourth-order valence-corrected chi connectivity index (χ4v) is 2.22. The van der Waals surface area contributed by atoms with Crippen LogP contribution in [0.25, 0.3) is 0 Å². The van der Waals surface area contributed by atoms with Crippen LogP contribution in [-0.2, 0) is 13.6 Å². The molecule has 84 valence electrons. The lowest BCUT2D eigenvalue weighted by atomic mass is 10.2. The van der Waals surface area contributed by atoms with Crippen molar-refractivity contribution in [3.05, 3.63) is 18.0 Å². The van der Waals surface area contributed by atoms with Gasteiger partial charge >= 0.3 is 0 Å². The monoisotopic (exact) mass is 208 g/mol. The van der Waals surface area contributed by atoms with Crippen LogP contribution in [0, 0.1) is 0 Å². The molecule has 1 aromatic rings. The second-order valence-electron chi connectivity index (χ2n) is 4.51. The zero-order chi connectivity index (χ0) is 10.7. The molecule has 15 heavy (non-hydrogen) atoms. The van der Waals surface area contributed by atoms with Crippen molar-refractivity contribution >= 4 is 0 Å². The molecule has 1 saturated heterocycles. The number of aryl methyl sites for hydroxylation is 1. The molecule has 4 heteroatoms. The summed E-state index contributed by atoms with van der Waals surface area (Å²) in [7, 11) is 4.13. The molecule has 1 fully saturated rings. The normalized spacial score (nSPS) is 21.4. The molecule has 0 aliphatic carbocycles. The Morgan fingerprint density at radius 1 is 1.67 bits per heavy atom. The quantitative estimate of drug-likeness (QED) is 0.787. The maximum atomic E-state index is 4.18. The summed E-state index contributed by atoms with van der Waals surface area (Å²) >= 11 is 0. The third-order valence-corrected chi connectivity index (χ3v) is 2.91. The van der Waals surface area contributed by atoms with Gasteiger partial charge in [0.2, 0.25) is 0 Å². The Morgan fingerprint density at radius 3 is 3.13 bits per heavy atom. The summed E-state index contributed by atoms with van der Waals surface area (Å²) < 4.78 is 1.86. The Morgan fingerprint density at radius 2 is 2.53 bits per heavy atom. The summed E-state index contributed by atoms with van der Waals surface area (Å²) in [6, 6.07) is 0.687. The topological polar surface area (TPSA) is 33.1 Å². The van der Waals surface area contributed by atoms with Gasteiger partial charge in [0.05, 0.1) is 6.20 Å². The van der Waals surface area contributed by atoms with E-state index < -0.39 is 0 Å². The zero-order valence-electron chi connectivity index (χ0n) is 9.61. The first-order valence-corrected chi connectivity index (χ1v) is 5.63. The van der Waals surface area contributed by atoms with Gasteiger partial charge in [0.25, 0.3) is 0 Å². The van der Waals surface area contributed by atoms with Crippen molar-refractivity contribution in [1.82, 2.24) is 20.0 Å². The van der Waals surface area contributed by atoms with E-state index in [-0.39, 0.29) is 0 Å². The molecule has 1 aliphatic heterocycles.